The predicted octanol–water partition coefficient (Wildman–Crippen LogP) is 2.07. The smallest absolute Gasteiger partial charge is 0.151 e. The molecule has 0 spiro atoms. The predicted molar refractivity (Wildman–Crippen MR) is 85.7 cm³/mol. The van der Waals surface area contributed by atoms with E-state index in [-0.39, 0.29) is 0 Å². The van der Waals surface area contributed by atoms with E-state index in [1.54, 1.807) is 0 Å². The van der Waals surface area contributed by atoms with Crippen molar-refractivity contribution in [3.8, 4) is 0 Å². The highest BCUT2D eigenvalue weighted by Crippen LogP contribution is 2.38. The van der Waals surface area contributed by atoms with Crippen LogP contribution in [0.5, 0.6) is 0 Å². The molecule has 114 valence electrons. The number of likely N-dealkylation sites (N-methyl/N-ethyl adjacent to an activating group) is 1. The molecule has 0 bridgehead atoms. The maximum Gasteiger partial charge on any atom is 0.151 e. The van der Waals surface area contributed by atoms with E-state index < -0.39 is 0 Å². The monoisotopic (exact) mass is 295 g/mol. The van der Waals surface area contributed by atoms with Gasteiger partial charge >= 0.3 is 0 Å². The number of nitrogens with zero attached hydrogens (tertiary/aromatic N) is 5. The topological polar surface area (TPSA) is 45.2 Å². The van der Waals surface area contributed by atoms with E-state index >= 15 is 0 Å². The van der Waals surface area contributed by atoms with Crippen LogP contribution in [-0.2, 0) is 6.54 Å². The summed E-state index contributed by atoms with van der Waals surface area (Å²) in [6.07, 6.45) is 6.31. The van der Waals surface area contributed by atoms with Gasteiger partial charge in [0.15, 0.2) is 5.82 Å². The van der Waals surface area contributed by atoms with Gasteiger partial charge in [-0.25, -0.2) is 0 Å². The third-order valence-electron chi connectivity index (χ3n) is 4.63. The summed E-state index contributed by atoms with van der Waals surface area (Å²) < 4.78 is 0. The zero-order valence-corrected chi connectivity index (χ0v) is 12.9. The van der Waals surface area contributed by atoms with Gasteiger partial charge in [0.2, 0.25) is 0 Å². The largest absolute Gasteiger partial charge is 0.352 e. The fraction of sp³-hybridized carbons (Fsp3) is 0.471. The summed E-state index contributed by atoms with van der Waals surface area (Å²) in [4.78, 5) is 8.86. The van der Waals surface area contributed by atoms with Gasteiger partial charge in [0.05, 0.1) is 5.69 Å². The number of pyridine rings is 1. The molecule has 2 aromatic heterocycles. The summed E-state index contributed by atoms with van der Waals surface area (Å²) in [5.74, 6) is 1.69. The van der Waals surface area contributed by atoms with Crippen LogP contribution in [0, 0.1) is 0 Å². The van der Waals surface area contributed by atoms with Crippen molar-refractivity contribution in [3.63, 3.8) is 0 Å². The average molecular weight is 295 g/mol. The molecule has 1 aliphatic carbocycles. The molecule has 5 heteroatoms. The lowest BCUT2D eigenvalue weighted by Crippen LogP contribution is -2.58. The van der Waals surface area contributed by atoms with Crippen LogP contribution < -0.4 is 4.90 Å². The van der Waals surface area contributed by atoms with Crippen LogP contribution in [0.4, 0.5) is 5.82 Å². The molecule has 0 N–H and O–H groups in total. The maximum absolute atomic E-state index is 4.39. The van der Waals surface area contributed by atoms with Crippen LogP contribution in [0.25, 0.3) is 0 Å². The summed E-state index contributed by atoms with van der Waals surface area (Å²) in [5.41, 5.74) is 2.42. The summed E-state index contributed by atoms with van der Waals surface area (Å²) >= 11 is 0. The van der Waals surface area contributed by atoms with Crippen LogP contribution in [0.3, 0.4) is 0 Å². The number of hydrogen-bond donors (Lipinski definition) is 0. The van der Waals surface area contributed by atoms with Gasteiger partial charge in [-0.15, -0.1) is 5.10 Å². The lowest BCUT2D eigenvalue weighted by molar-refractivity contribution is 0.196. The highest BCUT2D eigenvalue weighted by atomic mass is 15.4. The van der Waals surface area contributed by atoms with Gasteiger partial charge in [0.1, 0.15) is 0 Å². The molecule has 0 amide bonds. The van der Waals surface area contributed by atoms with E-state index in [1.165, 1.54) is 18.4 Å². The van der Waals surface area contributed by atoms with Gasteiger partial charge in [0, 0.05) is 44.0 Å². The summed E-state index contributed by atoms with van der Waals surface area (Å²) in [5, 5.41) is 8.75. The molecule has 0 radical (unpaired) electrons. The Labute approximate surface area is 131 Å². The molecule has 5 nitrogen and oxygen atoms in total. The molecule has 2 fully saturated rings. The van der Waals surface area contributed by atoms with Crippen molar-refractivity contribution in [1.82, 2.24) is 20.1 Å². The molecule has 4 rings (SSSR count). The van der Waals surface area contributed by atoms with E-state index in [2.05, 4.69) is 50.2 Å². The SMILES string of the molecule is CN(Cc1cccnc1)C1CN(c2ccc(C3CC3)nn2)C1. The van der Waals surface area contributed by atoms with Gasteiger partial charge in [-0.1, -0.05) is 6.07 Å². The molecule has 0 unspecified atom stereocenters. The van der Waals surface area contributed by atoms with Gasteiger partial charge in [-0.2, -0.15) is 5.10 Å². The van der Waals surface area contributed by atoms with E-state index in [0.717, 1.165) is 31.1 Å². The Kier molecular flexibility index (Phi) is 3.50. The number of rotatable bonds is 5. The van der Waals surface area contributed by atoms with E-state index in [0.29, 0.717) is 12.0 Å². The van der Waals surface area contributed by atoms with Gasteiger partial charge in [-0.3, -0.25) is 9.88 Å². The average Bonchev–Trinajstić information content (AvgIpc) is 3.32. The third kappa shape index (κ3) is 2.81. The minimum atomic E-state index is 0.574. The Hall–Kier alpha value is -2.01. The molecule has 1 saturated carbocycles. The van der Waals surface area contributed by atoms with Gasteiger partial charge in [0.25, 0.3) is 0 Å². The quantitative estimate of drug-likeness (QED) is 0.845. The normalized spacial score (nSPS) is 18.5. The summed E-state index contributed by atoms with van der Waals surface area (Å²) in [6, 6.07) is 8.96. The first-order chi connectivity index (χ1) is 10.8. The number of hydrogen-bond acceptors (Lipinski definition) is 5. The lowest BCUT2D eigenvalue weighted by Gasteiger charge is -2.44. The molecule has 3 heterocycles. The maximum atomic E-state index is 4.39. The molecule has 0 atom stereocenters. The Morgan fingerprint density at radius 1 is 1.18 bits per heavy atom. The fourth-order valence-electron chi connectivity index (χ4n) is 2.93. The fourth-order valence-corrected chi connectivity index (χ4v) is 2.93. The number of aromatic nitrogens is 3. The Morgan fingerprint density at radius 2 is 2.05 bits per heavy atom. The summed E-state index contributed by atoms with van der Waals surface area (Å²) in [6.45, 7) is 2.99. The van der Waals surface area contributed by atoms with Gasteiger partial charge < -0.3 is 4.90 Å². The molecule has 1 aliphatic heterocycles. The lowest BCUT2D eigenvalue weighted by atomic mass is 10.1. The Bertz CT molecular complexity index is 617. The van der Waals surface area contributed by atoms with Crippen LogP contribution in [0.1, 0.15) is 30.0 Å². The van der Waals surface area contributed by atoms with Crippen molar-refractivity contribution in [2.75, 3.05) is 25.0 Å². The first-order valence-corrected chi connectivity index (χ1v) is 7.97. The number of anilines is 1. The first kappa shape index (κ1) is 13.6. The standard InChI is InChI=1S/C17H21N5/c1-21(10-13-3-2-8-18-9-13)15-11-22(12-15)17-7-6-16(19-20-17)14-4-5-14/h2-3,6-9,14-15H,4-5,10-12H2,1H3. The Balaban J connectivity index is 1.31. The second kappa shape index (κ2) is 5.65. The van der Waals surface area contributed by atoms with E-state index in [9.17, 15) is 0 Å². The van der Waals surface area contributed by atoms with Crippen LogP contribution in [0.15, 0.2) is 36.7 Å². The highest BCUT2D eigenvalue weighted by molar-refractivity contribution is 5.42. The summed E-state index contributed by atoms with van der Waals surface area (Å²) in [7, 11) is 2.18. The molecule has 0 aromatic carbocycles. The van der Waals surface area contributed by atoms with Crippen LogP contribution in [-0.4, -0.2) is 46.3 Å². The van der Waals surface area contributed by atoms with Crippen LogP contribution in [0.2, 0.25) is 0 Å². The van der Waals surface area contributed by atoms with Crippen molar-refractivity contribution < 1.29 is 0 Å². The third-order valence-corrected chi connectivity index (χ3v) is 4.63. The van der Waals surface area contributed by atoms with Crippen LogP contribution >= 0.6 is 0 Å². The Morgan fingerprint density at radius 3 is 2.68 bits per heavy atom. The van der Waals surface area contributed by atoms with Crippen molar-refractivity contribution in [2.45, 2.75) is 31.3 Å². The van der Waals surface area contributed by atoms with Crippen molar-refractivity contribution in [3.05, 3.63) is 47.9 Å². The minimum Gasteiger partial charge on any atom is -0.352 e. The second-order valence-corrected chi connectivity index (χ2v) is 6.43. The molecular weight excluding hydrogens is 274 g/mol. The molecule has 2 aliphatic rings. The van der Waals surface area contributed by atoms with E-state index in [1.807, 2.05) is 18.5 Å². The molecule has 22 heavy (non-hydrogen) atoms. The molecular formula is C17H21N5. The highest BCUT2D eigenvalue weighted by Gasteiger charge is 2.31. The van der Waals surface area contributed by atoms with Gasteiger partial charge in [-0.05, 0) is 43.7 Å². The zero-order valence-electron chi connectivity index (χ0n) is 12.9. The molecule has 1 saturated heterocycles. The molecule has 2 aromatic rings. The van der Waals surface area contributed by atoms with Crippen molar-refractivity contribution >= 4 is 5.82 Å². The van der Waals surface area contributed by atoms with Crippen molar-refractivity contribution in [2.24, 2.45) is 0 Å². The zero-order chi connectivity index (χ0) is 14.9. The first-order valence-electron chi connectivity index (χ1n) is 7.97. The minimum absolute atomic E-state index is 0.574. The van der Waals surface area contributed by atoms with Crippen molar-refractivity contribution in [1.29, 1.82) is 0 Å². The second-order valence-electron chi connectivity index (χ2n) is 6.43. The van der Waals surface area contributed by atoms with E-state index in [4.69, 9.17) is 0 Å².